The minimum absolute atomic E-state index is 0.0225. The molecule has 0 fully saturated rings. The van der Waals surface area contributed by atoms with E-state index in [4.69, 9.17) is 16.3 Å². The smallest absolute Gasteiger partial charge is 0.335 e. The van der Waals surface area contributed by atoms with E-state index >= 15 is 0 Å². The molecule has 0 unspecified atom stereocenters. The third kappa shape index (κ3) is 4.46. The Balaban J connectivity index is 2.01. The van der Waals surface area contributed by atoms with Crippen molar-refractivity contribution >= 4 is 34.4 Å². The summed E-state index contributed by atoms with van der Waals surface area (Å²) in [6.07, 6.45) is 6.72. The van der Waals surface area contributed by atoms with Gasteiger partial charge in [0.25, 0.3) is 5.91 Å². The fourth-order valence-corrected chi connectivity index (χ4v) is 2.89. The molecular weight excluding hydrogens is 380 g/mol. The summed E-state index contributed by atoms with van der Waals surface area (Å²) in [6, 6.07) is 18.7. The van der Waals surface area contributed by atoms with Crippen molar-refractivity contribution in [3.8, 4) is 24.2 Å². The second kappa shape index (κ2) is 9.09. The molecule has 6 nitrogen and oxygen atoms in total. The topological polar surface area (TPSA) is 99.4 Å². The largest absolute Gasteiger partial charge is 0.480 e. The first kappa shape index (κ1) is 20.2. The molecule has 0 saturated heterocycles. The Morgan fingerprint density at radius 3 is 2.67 bits per heavy atom. The fourth-order valence-electron chi connectivity index (χ4n) is 2.89. The molecule has 0 aliphatic heterocycles. The number of aromatic carboxylic acids is 1. The molecule has 3 aromatic rings. The lowest BCUT2D eigenvalue weighted by Gasteiger charge is -2.11. The molecule has 3 aromatic carbocycles. The molecule has 6 heteroatoms. The summed E-state index contributed by atoms with van der Waals surface area (Å²) in [4.78, 5) is 23.8. The number of carbonyl (C=O) groups excluding carboxylic acids is 1. The average molecular weight is 396 g/mol. The molecule has 146 valence electrons. The van der Waals surface area contributed by atoms with Crippen LogP contribution in [0, 0.1) is 23.7 Å². The van der Waals surface area contributed by atoms with Gasteiger partial charge in [-0.3, -0.25) is 4.79 Å². The molecular formula is C24H16N2O4. The van der Waals surface area contributed by atoms with E-state index in [1.807, 2.05) is 36.4 Å². The first-order chi connectivity index (χ1) is 14.5. The van der Waals surface area contributed by atoms with E-state index in [9.17, 15) is 14.9 Å². The Kier molecular flexibility index (Phi) is 6.12. The Morgan fingerprint density at radius 1 is 1.13 bits per heavy atom. The lowest BCUT2D eigenvalue weighted by atomic mass is 10.0. The number of rotatable bonds is 6. The van der Waals surface area contributed by atoms with Crippen LogP contribution in [0.3, 0.4) is 0 Å². The van der Waals surface area contributed by atoms with E-state index in [1.165, 1.54) is 24.3 Å². The summed E-state index contributed by atoms with van der Waals surface area (Å²) in [7, 11) is 0. The lowest BCUT2D eigenvalue weighted by Crippen LogP contribution is -2.14. The van der Waals surface area contributed by atoms with E-state index in [1.54, 1.807) is 12.1 Å². The number of terminal acetylenes is 1. The van der Waals surface area contributed by atoms with Gasteiger partial charge in [-0.15, -0.1) is 6.42 Å². The molecule has 30 heavy (non-hydrogen) atoms. The van der Waals surface area contributed by atoms with Gasteiger partial charge in [-0.25, -0.2) is 4.79 Å². The molecule has 0 spiro atoms. The standard InChI is InChI=1S/C24H16N2O4/c1-2-12-30-22-11-10-16-6-3-4-9-20(16)21(22)14-18(15-25)23(27)26-19-8-5-7-17(13-19)24(28)29/h1,3-11,13-14H,12H2,(H,26,27)(H,28,29)/b18-14-. The quantitative estimate of drug-likeness (QED) is 0.371. The van der Waals surface area contributed by atoms with Crippen molar-refractivity contribution < 1.29 is 19.4 Å². The Morgan fingerprint density at radius 2 is 1.93 bits per heavy atom. The summed E-state index contributed by atoms with van der Waals surface area (Å²) < 4.78 is 5.59. The van der Waals surface area contributed by atoms with Crippen LogP contribution in [-0.4, -0.2) is 23.6 Å². The maximum Gasteiger partial charge on any atom is 0.335 e. The first-order valence-corrected chi connectivity index (χ1v) is 8.88. The van der Waals surface area contributed by atoms with Crippen LogP contribution in [0.1, 0.15) is 15.9 Å². The number of carboxylic acids is 1. The maximum absolute atomic E-state index is 12.7. The predicted octanol–water partition coefficient (Wildman–Crippen LogP) is 4.10. The minimum atomic E-state index is -1.12. The highest BCUT2D eigenvalue weighted by Crippen LogP contribution is 2.30. The number of benzene rings is 3. The number of nitriles is 1. The van der Waals surface area contributed by atoms with E-state index in [0.29, 0.717) is 11.3 Å². The molecule has 1 amide bonds. The summed E-state index contributed by atoms with van der Waals surface area (Å²) in [5.74, 6) is 1.05. The minimum Gasteiger partial charge on any atom is -0.480 e. The summed E-state index contributed by atoms with van der Waals surface area (Å²) in [5.41, 5.74) is 0.670. The number of hydrogen-bond donors (Lipinski definition) is 2. The highest BCUT2D eigenvalue weighted by Gasteiger charge is 2.14. The van der Waals surface area contributed by atoms with Crippen LogP contribution in [0.15, 0.2) is 66.2 Å². The number of nitrogens with one attached hydrogen (secondary N) is 1. The van der Waals surface area contributed by atoms with Crippen molar-refractivity contribution in [2.75, 3.05) is 11.9 Å². The zero-order valence-electron chi connectivity index (χ0n) is 15.8. The zero-order valence-corrected chi connectivity index (χ0v) is 15.8. The SMILES string of the molecule is C#CCOc1ccc2ccccc2c1/C=C(/C#N)C(=O)Nc1cccc(C(=O)O)c1. The molecule has 0 bridgehead atoms. The normalized spacial score (nSPS) is 10.7. The third-order valence-electron chi connectivity index (χ3n) is 4.26. The summed E-state index contributed by atoms with van der Waals surface area (Å²) >= 11 is 0. The summed E-state index contributed by atoms with van der Waals surface area (Å²) in [5, 5.41) is 22.9. The van der Waals surface area contributed by atoms with E-state index in [2.05, 4.69) is 11.2 Å². The van der Waals surface area contributed by atoms with Gasteiger partial charge >= 0.3 is 5.97 Å². The Bertz CT molecular complexity index is 1250. The highest BCUT2D eigenvalue weighted by atomic mass is 16.5. The van der Waals surface area contributed by atoms with Gasteiger partial charge in [0.1, 0.15) is 24.0 Å². The number of carbonyl (C=O) groups is 2. The molecule has 0 heterocycles. The van der Waals surface area contributed by atoms with E-state index < -0.39 is 11.9 Å². The number of carboxylic acid groups (broad SMARTS) is 1. The summed E-state index contributed by atoms with van der Waals surface area (Å²) in [6.45, 7) is 0.0369. The number of hydrogen-bond acceptors (Lipinski definition) is 4. The molecule has 3 rings (SSSR count). The van der Waals surface area contributed by atoms with Gasteiger partial charge in [0.05, 0.1) is 5.56 Å². The van der Waals surface area contributed by atoms with Gasteiger partial charge in [0.15, 0.2) is 0 Å². The molecule has 0 radical (unpaired) electrons. The van der Waals surface area contributed by atoms with Crippen molar-refractivity contribution in [1.29, 1.82) is 5.26 Å². The monoisotopic (exact) mass is 396 g/mol. The highest BCUT2D eigenvalue weighted by molar-refractivity contribution is 6.11. The molecule has 0 aliphatic rings. The van der Waals surface area contributed by atoms with E-state index in [0.717, 1.165) is 10.8 Å². The van der Waals surface area contributed by atoms with Gasteiger partial charge in [-0.1, -0.05) is 42.3 Å². The molecule has 0 aromatic heterocycles. The fraction of sp³-hybridized carbons (Fsp3) is 0.0417. The van der Waals surface area contributed by atoms with Crippen molar-refractivity contribution in [1.82, 2.24) is 0 Å². The second-order valence-corrected chi connectivity index (χ2v) is 6.20. The van der Waals surface area contributed by atoms with Crippen LogP contribution >= 0.6 is 0 Å². The van der Waals surface area contributed by atoms with Crippen molar-refractivity contribution in [2.24, 2.45) is 0 Å². The maximum atomic E-state index is 12.7. The predicted molar refractivity (Wildman–Crippen MR) is 114 cm³/mol. The zero-order chi connectivity index (χ0) is 21.5. The van der Waals surface area contributed by atoms with Crippen LogP contribution in [0.5, 0.6) is 5.75 Å². The van der Waals surface area contributed by atoms with Gasteiger partial charge in [-0.05, 0) is 41.1 Å². The van der Waals surface area contributed by atoms with Gasteiger partial charge in [0, 0.05) is 11.3 Å². The van der Waals surface area contributed by atoms with Crippen LogP contribution in [0.2, 0.25) is 0 Å². The number of nitrogens with zero attached hydrogens (tertiary/aromatic N) is 1. The molecule has 0 atom stereocenters. The first-order valence-electron chi connectivity index (χ1n) is 8.88. The van der Waals surface area contributed by atoms with Crippen LogP contribution in [-0.2, 0) is 4.79 Å². The Labute approximate surface area is 173 Å². The Hall–Kier alpha value is -4.55. The van der Waals surface area contributed by atoms with Crippen molar-refractivity contribution in [3.63, 3.8) is 0 Å². The number of fused-ring (bicyclic) bond motifs is 1. The molecule has 2 N–H and O–H groups in total. The van der Waals surface area contributed by atoms with Crippen LogP contribution < -0.4 is 10.1 Å². The van der Waals surface area contributed by atoms with Gasteiger partial charge in [-0.2, -0.15) is 5.26 Å². The lowest BCUT2D eigenvalue weighted by molar-refractivity contribution is -0.112. The average Bonchev–Trinajstić information content (AvgIpc) is 2.76. The molecule has 0 saturated carbocycles. The number of ether oxygens (including phenoxy) is 1. The number of amides is 1. The van der Waals surface area contributed by atoms with Crippen LogP contribution in [0.4, 0.5) is 5.69 Å². The van der Waals surface area contributed by atoms with Crippen molar-refractivity contribution in [2.45, 2.75) is 0 Å². The van der Waals surface area contributed by atoms with E-state index in [-0.39, 0.29) is 23.4 Å². The number of anilines is 1. The molecule has 0 aliphatic carbocycles. The van der Waals surface area contributed by atoms with Crippen LogP contribution in [0.25, 0.3) is 16.8 Å². The van der Waals surface area contributed by atoms with Gasteiger partial charge < -0.3 is 15.2 Å². The third-order valence-corrected chi connectivity index (χ3v) is 4.26. The second-order valence-electron chi connectivity index (χ2n) is 6.20. The van der Waals surface area contributed by atoms with Gasteiger partial charge in [0.2, 0.25) is 0 Å². The van der Waals surface area contributed by atoms with Crippen molar-refractivity contribution in [3.05, 3.63) is 77.4 Å².